The summed E-state index contributed by atoms with van der Waals surface area (Å²) in [5, 5.41) is 18.9. The molecule has 1 spiro atoms. The highest BCUT2D eigenvalue weighted by Crippen LogP contribution is 2.52. The molecule has 1 aliphatic carbocycles. The number of nitriles is 1. The summed E-state index contributed by atoms with van der Waals surface area (Å²) in [4.78, 5) is 5.87. The maximum Gasteiger partial charge on any atom is 0.155 e. The van der Waals surface area contributed by atoms with Gasteiger partial charge >= 0.3 is 0 Å². The molecular weight excluding hydrogens is 379 g/mol. The van der Waals surface area contributed by atoms with Crippen molar-refractivity contribution in [2.75, 3.05) is 6.67 Å². The molecule has 0 aromatic carbocycles. The number of rotatable bonds is 5. The van der Waals surface area contributed by atoms with E-state index < -0.39 is 18.1 Å². The number of thioether (sulfide) groups is 1. The number of hydrogen-bond donors (Lipinski definition) is 2. The van der Waals surface area contributed by atoms with Crippen LogP contribution in [0.1, 0.15) is 55.9 Å². The molecule has 3 rings (SSSR count). The van der Waals surface area contributed by atoms with Gasteiger partial charge in [-0.25, -0.2) is 4.39 Å². The number of halogens is 1. The molecular formula is C20H25FN4S2. The minimum atomic E-state index is -0.708. The third-order valence-corrected chi connectivity index (χ3v) is 7.93. The molecule has 1 aromatic heterocycles. The number of nitrogens with one attached hydrogen (secondary N) is 1. The summed E-state index contributed by atoms with van der Waals surface area (Å²) in [6.45, 7) is 1.46. The van der Waals surface area contributed by atoms with Gasteiger partial charge in [0, 0.05) is 15.8 Å². The summed E-state index contributed by atoms with van der Waals surface area (Å²) in [5.74, 6) is -0.708. The number of nitrogens with two attached hydrogens (primary N) is 1. The van der Waals surface area contributed by atoms with Crippen LogP contribution in [0, 0.1) is 22.7 Å². The Bertz CT molecular complexity index is 801. The van der Waals surface area contributed by atoms with E-state index in [0.29, 0.717) is 10.7 Å². The van der Waals surface area contributed by atoms with Crippen LogP contribution in [0.5, 0.6) is 0 Å². The van der Waals surface area contributed by atoms with E-state index in [1.807, 2.05) is 17.5 Å². The quantitative estimate of drug-likeness (QED) is 0.656. The van der Waals surface area contributed by atoms with Gasteiger partial charge in [0.25, 0.3) is 0 Å². The SMILES string of the molecule is CC1(c2cc(/C(=C/C(C#N)C=N)CF)cs2)CC2(CCCCC2)SC(N)=N1. The molecule has 2 unspecified atom stereocenters. The molecule has 2 heterocycles. The van der Waals surface area contributed by atoms with Crippen LogP contribution in [0.2, 0.25) is 0 Å². The summed E-state index contributed by atoms with van der Waals surface area (Å²) in [6.07, 6.45) is 9.60. The van der Waals surface area contributed by atoms with Crippen LogP contribution >= 0.6 is 23.1 Å². The summed E-state index contributed by atoms with van der Waals surface area (Å²) in [7, 11) is 0. The number of aliphatic imine (C=N–C) groups is 1. The van der Waals surface area contributed by atoms with E-state index in [0.717, 1.165) is 23.1 Å². The molecule has 4 nitrogen and oxygen atoms in total. The lowest BCUT2D eigenvalue weighted by molar-refractivity contribution is 0.306. The molecule has 144 valence electrons. The van der Waals surface area contributed by atoms with Crippen molar-refractivity contribution < 1.29 is 4.39 Å². The van der Waals surface area contributed by atoms with E-state index in [1.165, 1.54) is 38.2 Å². The number of amidine groups is 1. The standard InChI is InChI=1S/C20H25FN4S2/c1-19(13-20(27-18(24)25-19)5-3-2-4-6-20)17-8-16(12-26-17)15(9-21)7-14(10-22)11-23/h7-8,10,12,14,22H,2-6,9,13H2,1H3,(H2,24,25)/b15-7+,22-10?. The van der Waals surface area contributed by atoms with Crippen LogP contribution in [-0.2, 0) is 5.54 Å². The molecule has 2 atom stereocenters. The Hall–Kier alpha value is -1.65. The summed E-state index contributed by atoms with van der Waals surface area (Å²) >= 11 is 3.31. The zero-order valence-electron chi connectivity index (χ0n) is 15.5. The van der Waals surface area contributed by atoms with Gasteiger partial charge in [-0.05, 0) is 48.8 Å². The third-order valence-electron chi connectivity index (χ3n) is 5.46. The first kappa shape index (κ1) is 20.1. The predicted octanol–water partition coefficient (Wildman–Crippen LogP) is 5.26. The highest BCUT2D eigenvalue weighted by atomic mass is 32.2. The second kappa shape index (κ2) is 8.15. The molecule has 1 aromatic rings. The second-order valence-electron chi connectivity index (χ2n) is 7.59. The fraction of sp³-hybridized carbons (Fsp3) is 0.550. The van der Waals surface area contributed by atoms with E-state index in [1.54, 1.807) is 23.1 Å². The van der Waals surface area contributed by atoms with E-state index >= 15 is 0 Å². The van der Waals surface area contributed by atoms with Crippen LogP contribution in [0.15, 0.2) is 22.5 Å². The van der Waals surface area contributed by atoms with Crippen LogP contribution in [0.3, 0.4) is 0 Å². The van der Waals surface area contributed by atoms with Crippen molar-refractivity contribution in [2.24, 2.45) is 16.6 Å². The third kappa shape index (κ3) is 4.27. The second-order valence-corrected chi connectivity index (χ2v) is 9.99. The number of thiophene rings is 1. The van der Waals surface area contributed by atoms with Gasteiger partial charge in [-0.2, -0.15) is 5.26 Å². The van der Waals surface area contributed by atoms with Crippen LogP contribution in [-0.4, -0.2) is 22.8 Å². The lowest BCUT2D eigenvalue weighted by atomic mass is 9.78. The van der Waals surface area contributed by atoms with Crippen molar-refractivity contribution in [2.45, 2.75) is 55.7 Å². The van der Waals surface area contributed by atoms with Gasteiger partial charge in [0.2, 0.25) is 0 Å². The van der Waals surface area contributed by atoms with Gasteiger partial charge < -0.3 is 11.1 Å². The zero-order chi connectivity index (χ0) is 19.5. The topological polar surface area (TPSA) is 86.0 Å². The van der Waals surface area contributed by atoms with Crippen molar-refractivity contribution in [3.63, 3.8) is 0 Å². The van der Waals surface area contributed by atoms with E-state index in [-0.39, 0.29) is 4.75 Å². The molecule has 0 bridgehead atoms. The highest BCUT2D eigenvalue weighted by molar-refractivity contribution is 8.15. The van der Waals surface area contributed by atoms with Crippen molar-refractivity contribution in [3.8, 4) is 6.07 Å². The minimum Gasteiger partial charge on any atom is -0.378 e. The average molecular weight is 405 g/mol. The summed E-state index contributed by atoms with van der Waals surface area (Å²) < 4.78 is 13.7. The van der Waals surface area contributed by atoms with Crippen LogP contribution in [0.4, 0.5) is 4.39 Å². The van der Waals surface area contributed by atoms with Gasteiger partial charge in [-0.1, -0.05) is 37.1 Å². The van der Waals surface area contributed by atoms with Crippen LogP contribution in [0.25, 0.3) is 5.57 Å². The Balaban J connectivity index is 1.91. The molecule has 0 saturated heterocycles. The maximum atomic E-state index is 13.6. The van der Waals surface area contributed by atoms with Gasteiger partial charge in [0.05, 0.1) is 17.5 Å². The van der Waals surface area contributed by atoms with E-state index in [2.05, 4.69) is 6.92 Å². The highest BCUT2D eigenvalue weighted by Gasteiger charge is 2.45. The minimum absolute atomic E-state index is 0.161. The first-order valence-electron chi connectivity index (χ1n) is 9.24. The number of hydrogen-bond acceptors (Lipinski definition) is 6. The molecule has 0 radical (unpaired) electrons. The van der Waals surface area contributed by atoms with Crippen molar-refractivity contribution >= 4 is 40.1 Å². The molecule has 7 heteroatoms. The Kier molecular flexibility index (Phi) is 6.07. The molecule has 1 saturated carbocycles. The molecule has 1 aliphatic heterocycles. The Morgan fingerprint density at radius 3 is 2.85 bits per heavy atom. The summed E-state index contributed by atoms with van der Waals surface area (Å²) in [5.41, 5.74) is 7.06. The van der Waals surface area contributed by atoms with Gasteiger partial charge in [0.15, 0.2) is 5.17 Å². The Labute approximate surface area is 168 Å². The van der Waals surface area contributed by atoms with E-state index in [4.69, 9.17) is 21.4 Å². The molecule has 0 amide bonds. The smallest absolute Gasteiger partial charge is 0.155 e. The number of alkyl halides is 1. The predicted molar refractivity (Wildman–Crippen MR) is 113 cm³/mol. The largest absolute Gasteiger partial charge is 0.378 e. The zero-order valence-corrected chi connectivity index (χ0v) is 17.1. The normalized spacial score (nSPS) is 26.3. The number of allylic oxidation sites excluding steroid dienone is 2. The van der Waals surface area contributed by atoms with Gasteiger partial charge in [-0.3, -0.25) is 4.99 Å². The average Bonchev–Trinajstić information content (AvgIpc) is 3.13. The van der Waals surface area contributed by atoms with Crippen molar-refractivity contribution in [3.05, 3.63) is 28.0 Å². The molecule has 3 N–H and O–H groups in total. The molecule has 1 fully saturated rings. The van der Waals surface area contributed by atoms with E-state index in [9.17, 15) is 4.39 Å². The molecule has 27 heavy (non-hydrogen) atoms. The monoisotopic (exact) mass is 404 g/mol. The maximum absolute atomic E-state index is 13.6. The fourth-order valence-corrected chi connectivity index (χ4v) is 6.73. The first-order chi connectivity index (χ1) is 12.9. The van der Waals surface area contributed by atoms with Gasteiger partial charge in [-0.15, -0.1) is 11.3 Å². The van der Waals surface area contributed by atoms with Crippen molar-refractivity contribution in [1.82, 2.24) is 0 Å². The Morgan fingerprint density at radius 2 is 2.22 bits per heavy atom. The van der Waals surface area contributed by atoms with Crippen molar-refractivity contribution in [1.29, 1.82) is 10.7 Å². The van der Waals surface area contributed by atoms with Gasteiger partial charge in [0.1, 0.15) is 6.67 Å². The summed E-state index contributed by atoms with van der Waals surface area (Å²) in [6, 6.07) is 3.97. The first-order valence-corrected chi connectivity index (χ1v) is 10.9. The fourth-order valence-electron chi connectivity index (χ4n) is 4.15. The number of nitrogens with zero attached hydrogens (tertiary/aromatic N) is 2. The van der Waals surface area contributed by atoms with Crippen LogP contribution < -0.4 is 5.73 Å². The molecule has 2 aliphatic rings. The lowest BCUT2D eigenvalue weighted by Gasteiger charge is -2.45. The lowest BCUT2D eigenvalue weighted by Crippen LogP contribution is -2.42. The Morgan fingerprint density at radius 1 is 1.48 bits per heavy atom.